The fraction of sp³-hybridized carbons (Fsp3) is 0.400. The SMILES string of the molecule is CC(O)C1CCN(c2ccnc3c([N+](=O)[O-])cccc23)C1. The van der Waals surface area contributed by atoms with Gasteiger partial charge in [-0.1, -0.05) is 12.1 Å². The zero-order chi connectivity index (χ0) is 15.0. The molecule has 0 saturated carbocycles. The van der Waals surface area contributed by atoms with Gasteiger partial charge >= 0.3 is 0 Å². The number of hydrogen-bond donors (Lipinski definition) is 1. The normalized spacial score (nSPS) is 19.9. The van der Waals surface area contributed by atoms with E-state index in [9.17, 15) is 15.2 Å². The van der Waals surface area contributed by atoms with Crippen molar-refractivity contribution in [1.82, 2.24) is 4.98 Å². The largest absolute Gasteiger partial charge is 0.393 e. The van der Waals surface area contributed by atoms with Crippen molar-refractivity contribution in [2.45, 2.75) is 19.4 Å². The lowest BCUT2D eigenvalue weighted by Gasteiger charge is -2.21. The Labute approximate surface area is 122 Å². The van der Waals surface area contributed by atoms with Crippen molar-refractivity contribution in [1.29, 1.82) is 0 Å². The summed E-state index contributed by atoms with van der Waals surface area (Å²) in [5.41, 5.74) is 1.40. The van der Waals surface area contributed by atoms with Crippen molar-refractivity contribution < 1.29 is 10.0 Å². The minimum absolute atomic E-state index is 0.0284. The number of nitro benzene ring substituents is 1. The molecule has 0 aliphatic carbocycles. The topological polar surface area (TPSA) is 79.5 Å². The summed E-state index contributed by atoms with van der Waals surface area (Å²) < 4.78 is 0. The molecule has 1 aliphatic heterocycles. The van der Waals surface area contributed by atoms with E-state index in [4.69, 9.17) is 0 Å². The van der Waals surface area contributed by atoms with Gasteiger partial charge < -0.3 is 10.0 Å². The molecular formula is C15H17N3O3. The Morgan fingerprint density at radius 1 is 1.48 bits per heavy atom. The minimum atomic E-state index is -0.401. The molecule has 1 N–H and O–H groups in total. The number of benzene rings is 1. The van der Waals surface area contributed by atoms with E-state index in [1.165, 1.54) is 6.07 Å². The van der Waals surface area contributed by atoms with E-state index in [-0.39, 0.29) is 17.7 Å². The Hall–Kier alpha value is -2.21. The highest BCUT2D eigenvalue weighted by Crippen LogP contribution is 2.34. The third-order valence-corrected chi connectivity index (χ3v) is 4.17. The van der Waals surface area contributed by atoms with Gasteiger partial charge in [0.25, 0.3) is 5.69 Å². The van der Waals surface area contributed by atoms with E-state index in [0.29, 0.717) is 5.52 Å². The molecule has 2 unspecified atom stereocenters. The van der Waals surface area contributed by atoms with Gasteiger partial charge in [-0.3, -0.25) is 10.1 Å². The Bertz CT molecular complexity index is 687. The molecule has 110 valence electrons. The number of pyridine rings is 1. The second kappa shape index (κ2) is 5.29. The summed E-state index contributed by atoms with van der Waals surface area (Å²) in [7, 11) is 0. The summed E-state index contributed by atoms with van der Waals surface area (Å²) in [6.07, 6.45) is 2.20. The van der Waals surface area contributed by atoms with Crippen molar-refractivity contribution in [2.24, 2.45) is 5.92 Å². The Kier molecular flexibility index (Phi) is 3.47. The third-order valence-electron chi connectivity index (χ3n) is 4.17. The Balaban J connectivity index is 2.04. The number of nitrogens with zero attached hydrogens (tertiary/aromatic N) is 3. The summed E-state index contributed by atoms with van der Waals surface area (Å²) in [6, 6.07) is 6.91. The van der Waals surface area contributed by atoms with E-state index in [1.54, 1.807) is 12.3 Å². The lowest BCUT2D eigenvalue weighted by Crippen LogP contribution is -2.24. The van der Waals surface area contributed by atoms with Gasteiger partial charge in [0.15, 0.2) is 0 Å². The molecule has 6 heteroatoms. The molecule has 3 rings (SSSR count). The molecule has 2 heterocycles. The lowest BCUT2D eigenvalue weighted by atomic mass is 10.0. The first-order valence-electron chi connectivity index (χ1n) is 7.03. The lowest BCUT2D eigenvalue weighted by molar-refractivity contribution is -0.383. The summed E-state index contributed by atoms with van der Waals surface area (Å²) in [6.45, 7) is 3.42. The predicted octanol–water partition coefficient (Wildman–Crippen LogP) is 2.35. The summed E-state index contributed by atoms with van der Waals surface area (Å²) >= 11 is 0. The van der Waals surface area contributed by atoms with Crippen LogP contribution in [0.1, 0.15) is 13.3 Å². The molecular weight excluding hydrogens is 270 g/mol. The van der Waals surface area contributed by atoms with E-state index >= 15 is 0 Å². The van der Waals surface area contributed by atoms with Gasteiger partial charge in [0.2, 0.25) is 0 Å². The molecule has 21 heavy (non-hydrogen) atoms. The Morgan fingerprint density at radius 3 is 2.95 bits per heavy atom. The molecule has 2 atom stereocenters. The first-order chi connectivity index (χ1) is 10.1. The second-order valence-electron chi connectivity index (χ2n) is 5.50. The quantitative estimate of drug-likeness (QED) is 0.692. The van der Waals surface area contributed by atoms with Crippen LogP contribution in [0.5, 0.6) is 0 Å². The zero-order valence-corrected chi connectivity index (χ0v) is 11.8. The molecule has 1 aliphatic rings. The Morgan fingerprint density at radius 2 is 2.29 bits per heavy atom. The molecule has 1 saturated heterocycles. The molecule has 2 aromatic rings. The molecule has 1 aromatic carbocycles. The standard InChI is InChI=1S/C15H17N3O3/c1-10(19)11-6-8-17(9-11)13-5-7-16-15-12(13)3-2-4-14(15)18(20)21/h2-5,7,10-11,19H,6,8-9H2,1H3. The van der Waals surface area contributed by atoms with E-state index < -0.39 is 4.92 Å². The smallest absolute Gasteiger partial charge is 0.295 e. The zero-order valence-electron chi connectivity index (χ0n) is 11.8. The summed E-state index contributed by atoms with van der Waals surface area (Å²) in [5, 5.41) is 21.6. The number of rotatable bonds is 3. The van der Waals surface area contributed by atoms with Gasteiger partial charge in [0.05, 0.1) is 11.0 Å². The van der Waals surface area contributed by atoms with Gasteiger partial charge in [0.1, 0.15) is 5.52 Å². The number of fused-ring (bicyclic) bond motifs is 1. The highest BCUT2D eigenvalue weighted by Gasteiger charge is 2.27. The van der Waals surface area contributed by atoms with Gasteiger partial charge in [-0.05, 0) is 19.4 Å². The van der Waals surface area contributed by atoms with E-state index in [1.807, 2.05) is 19.1 Å². The maximum atomic E-state index is 11.1. The molecule has 0 radical (unpaired) electrons. The monoisotopic (exact) mass is 287 g/mol. The highest BCUT2D eigenvalue weighted by molar-refractivity contribution is 5.96. The third kappa shape index (κ3) is 2.42. The number of anilines is 1. The molecule has 0 amide bonds. The van der Waals surface area contributed by atoms with Crippen molar-refractivity contribution in [3.05, 3.63) is 40.6 Å². The molecule has 0 bridgehead atoms. The van der Waals surface area contributed by atoms with Crippen LogP contribution in [0.15, 0.2) is 30.5 Å². The maximum absolute atomic E-state index is 11.1. The molecule has 1 aromatic heterocycles. The number of aliphatic hydroxyl groups excluding tert-OH is 1. The number of nitro groups is 1. The van der Waals surface area contributed by atoms with Crippen LogP contribution >= 0.6 is 0 Å². The van der Waals surface area contributed by atoms with Crippen LogP contribution in [-0.4, -0.2) is 34.2 Å². The molecule has 1 fully saturated rings. The summed E-state index contributed by atoms with van der Waals surface area (Å²) in [4.78, 5) is 17.0. The fourth-order valence-electron chi connectivity index (χ4n) is 2.97. The van der Waals surface area contributed by atoms with Crippen molar-refractivity contribution in [2.75, 3.05) is 18.0 Å². The average Bonchev–Trinajstić information content (AvgIpc) is 2.95. The number of para-hydroxylation sites is 1. The van der Waals surface area contributed by atoms with Gasteiger partial charge in [-0.15, -0.1) is 0 Å². The fourth-order valence-corrected chi connectivity index (χ4v) is 2.97. The van der Waals surface area contributed by atoms with E-state index in [2.05, 4.69) is 9.88 Å². The van der Waals surface area contributed by atoms with Crippen molar-refractivity contribution in [3.63, 3.8) is 0 Å². The van der Waals surface area contributed by atoms with Gasteiger partial charge in [-0.25, -0.2) is 4.98 Å². The number of hydrogen-bond acceptors (Lipinski definition) is 5. The van der Waals surface area contributed by atoms with E-state index in [0.717, 1.165) is 30.6 Å². The highest BCUT2D eigenvalue weighted by atomic mass is 16.6. The number of aliphatic hydroxyl groups is 1. The molecule has 0 spiro atoms. The van der Waals surface area contributed by atoms with Crippen LogP contribution in [0, 0.1) is 16.0 Å². The van der Waals surface area contributed by atoms with Crippen LogP contribution in [-0.2, 0) is 0 Å². The van der Waals surface area contributed by atoms with Crippen LogP contribution < -0.4 is 4.90 Å². The van der Waals surface area contributed by atoms with Crippen LogP contribution in [0.25, 0.3) is 10.9 Å². The van der Waals surface area contributed by atoms with Gasteiger partial charge in [-0.2, -0.15) is 0 Å². The van der Waals surface area contributed by atoms with Crippen LogP contribution in [0.4, 0.5) is 11.4 Å². The van der Waals surface area contributed by atoms with Crippen molar-refractivity contribution >= 4 is 22.3 Å². The average molecular weight is 287 g/mol. The minimum Gasteiger partial charge on any atom is -0.393 e. The first-order valence-corrected chi connectivity index (χ1v) is 7.03. The number of aromatic nitrogens is 1. The maximum Gasteiger partial charge on any atom is 0.295 e. The summed E-state index contributed by atoms with van der Waals surface area (Å²) in [5.74, 6) is 0.243. The van der Waals surface area contributed by atoms with Crippen LogP contribution in [0.2, 0.25) is 0 Å². The second-order valence-corrected chi connectivity index (χ2v) is 5.50. The van der Waals surface area contributed by atoms with Gasteiger partial charge in [0, 0.05) is 42.3 Å². The molecule has 6 nitrogen and oxygen atoms in total. The number of non-ortho nitro benzene ring substituents is 1. The predicted molar refractivity (Wildman–Crippen MR) is 80.4 cm³/mol. The van der Waals surface area contributed by atoms with Crippen LogP contribution in [0.3, 0.4) is 0 Å². The first kappa shape index (κ1) is 13.8. The van der Waals surface area contributed by atoms with Crippen molar-refractivity contribution in [3.8, 4) is 0 Å².